The van der Waals surface area contributed by atoms with Gasteiger partial charge in [-0.2, -0.15) is 0 Å². The molecule has 1 aromatic heterocycles. The largest absolute Gasteiger partial charge is 0.360 e. The molecule has 4 heteroatoms. The van der Waals surface area contributed by atoms with E-state index in [1.807, 2.05) is 27.7 Å². The molecule has 0 bridgehead atoms. The number of anilines is 1. The first-order valence-electron chi connectivity index (χ1n) is 13.6. The second-order valence-electron chi connectivity index (χ2n) is 10.4. The number of hydrogen-bond acceptors (Lipinski definition) is 3. The minimum atomic E-state index is -0.305. The van der Waals surface area contributed by atoms with E-state index in [0.29, 0.717) is 0 Å². The highest BCUT2D eigenvalue weighted by Crippen LogP contribution is 2.50. The van der Waals surface area contributed by atoms with Crippen LogP contribution in [0, 0.1) is 0 Å². The van der Waals surface area contributed by atoms with Gasteiger partial charge in [-0.25, -0.2) is 4.98 Å². The van der Waals surface area contributed by atoms with E-state index in [2.05, 4.69) is 108 Å². The highest BCUT2D eigenvalue weighted by molar-refractivity contribution is 5.88. The second kappa shape index (κ2) is 10.7. The molecule has 2 aliphatic heterocycles. The third-order valence-electron chi connectivity index (χ3n) is 6.98. The summed E-state index contributed by atoms with van der Waals surface area (Å²) in [7, 11) is 2.16. The van der Waals surface area contributed by atoms with Crippen LogP contribution in [0.3, 0.4) is 0 Å². The van der Waals surface area contributed by atoms with Gasteiger partial charge >= 0.3 is 0 Å². The molecular weight excluding hydrogens is 430 g/mol. The molecule has 0 saturated carbocycles. The van der Waals surface area contributed by atoms with E-state index in [9.17, 15) is 0 Å². The van der Waals surface area contributed by atoms with Crippen LogP contribution in [0.15, 0.2) is 36.4 Å². The predicted octanol–water partition coefficient (Wildman–Crippen LogP) is 9.20. The summed E-state index contributed by atoms with van der Waals surface area (Å²) in [5, 5.41) is 0. The lowest BCUT2D eigenvalue weighted by Gasteiger charge is -2.44. The monoisotopic (exact) mass is 479 g/mol. The normalized spacial score (nSPS) is 17.5. The van der Waals surface area contributed by atoms with E-state index < -0.39 is 0 Å². The van der Waals surface area contributed by atoms with Gasteiger partial charge in [-0.15, -0.1) is 0 Å². The van der Waals surface area contributed by atoms with Crippen LogP contribution in [0.2, 0.25) is 0 Å². The lowest BCUT2D eigenvalue weighted by molar-refractivity contribution is -0.105. The molecule has 0 aliphatic carbocycles. The molecule has 0 atom stereocenters. The lowest BCUT2D eigenvalue weighted by atomic mass is 9.90. The molecule has 3 heterocycles. The minimum Gasteiger partial charge on any atom is -0.360 e. The number of ether oxygens (including phenoxy) is 1. The van der Waals surface area contributed by atoms with Crippen LogP contribution in [-0.2, 0) is 21.6 Å². The van der Waals surface area contributed by atoms with Crippen LogP contribution in [0.4, 0.5) is 5.69 Å². The van der Waals surface area contributed by atoms with Gasteiger partial charge in [0.05, 0.1) is 22.2 Å². The summed E-state index contributed by atoms with van der Waals surface area (Å²) in [6.45, 7) is 25.5. The predicted molar refractivity (Wildman–Crippen MR) is 153 cm³/mol. The molecule has 0 fully saturated rings. The Kier molecular flexibility index (Phi) is 8.87. The molecule has 194 valence electrons. The quantitative estimate of drug-likeness (QED) is 0.348. The van der Waals surface area contributed by atoms with Gasteiger partial charge in [0.1, 0.15) is 11.5 Å². The molecule has 5 rings (SSSR count). The van der Waals surface area contributed by atoms with Gasteiger partial charge in [-0.3, -0.25) is 0 Å². The maximum Gasteiger partial charge on any atom is 0.145 e. The number of unbranched alkanes of at least 4 members (excludes halogenated alkanes) is 1. The summed E-state index contributed by atoms with van der Waals surface area (Å²) in [4.78, 5) is 7.44. The Morgan fingerprint density at radius 2 is 1.31 bits per heavy atom. The van der Waals surface area contributed by atoms with Gasteiger partial charge in [0, 0.05) is 18.3 Å². The molecule has 0 spiro atoms. The van der Waals surface area contributed by atoms with Crippen LogP contribution in [0.25, 0.3) is 22.4 Å². The zero-order valence-corrected chi connectivity index (χ0v) is 24.6. The molecule has 0 saturated heterocycles. The van der Waals surface area contributed by atoms with Crippen molar-refractivity contribution in [1.82, 2.24) is 9.55 Å². The number of benzene rings is 2. The highest BCUT2D eigenvalue weighted by Gasteiger charge is 2.44. The van der Waals surface area contributed by atoms with E-state index in [1.54, 1.807) is 0 Å². The average molecular weight is 480 g/mol. The number of nitrogens with zero attached hydrogens (tertiary/aromatic N) is 3. The molecule has 0 radical (unpaired) electrons. The Bertz CT molecular complexity index is 1140. The van der Waals surface area contributed by atoms with E-state index in [-0.39, 0.29) is 16.9 Å². The van der Waals surface area contributed by atoms with E-state index >= 15 is 0 Å². The summed E-state index contributed by atoms with van der Waals surface area (Å²) in [5.74, 6) is 1.05. The van der Waals surface area contributed by atoms with E-state index in [4.69, 9.17) is 9.72 Å². The number of para-hydroxylation sites is 1. The zero-order valence-electron chi connectivity index (χ0n) is 24.6. The van der Waals surface area contributed by atoms with Crippen LogP contribution in [-0.4, -0.2) is 16.6 Å². The van der Waals surface area contributed by atoms with E-state index in [1.165, 1.54) is 40.7 Å². The van der Waals surface area contributed by atoms with Crippen molar-refractivity contribution in [3.8, 4) is 11.4 Å². The molecule has 2 aromatic carbocycles. The van der Waals surface area contributed by atoms with Gasteiger partial charge in [-0.05, 0) is 76.9 Å². The Hall–Kier alpha value is -2.33. The van der Waals surface area contributed by atoms with Crippen molar-refractivity contribution < 1.29 is 4.74 Å². The molecule has 35 heavy (non-hydrogen) atoms. The van der Waals surface area contributed by atoms with Gasteiger partial charge in [0.2, 0.25) is 0 Å². The maximum atomic E-state index is 6.37. The first kappa shape index (κ1) is 28.9. The second-order valence-corrected chi connectivity index (χ2v) is 10.4. The molecular formula is C31H49N3O. The third kappa shape index (κ3) is 4.87. The smallest absolute Gasteiger partial charge is 0.145 e. The fraction of sp³-hybridized carbons (Fsp3) is 0.581. The third-order valence-corrected chi connectivity index (χ3v) is 6.98. The van der Waals surface area contributed by atoms with Gasteiger partial charge in [0.15, 0.2) is 0 Å². The van der Waals surface area contributed by atoms with Crippen LogP contribution in [0.5, 0.6) is 0 Å². The number of fused-ring (bicyclic) bond motifs is 6. The highest BCUT2D eigenvalue weighted by atomic mass is 16.5. The molecule has 0 N–H and O–H groups in total. The zero-order chi connectivity index (χ0) is 26.8. The molecule has 0 amide bonds. The number of aromatic nitrogens is 2. The first-order valence-corrected chi connectivity index (χ1v) is 13.6. The number of rotatable bonds is 1. The van der Waals surface area contributed by atoms with Gasteiger partial charge in [0.25, 0.3) is 0 Å². The minimum absolute atomic E-state index is 0.216. The van der Waals surface area contributed by atoms with Crippen molar-refractivity contribution >= 4 is 16.7 Å². The Balaban J connectivity index is 0.000000484. The fourth-order valence-electron chi connectivity index (χ4n) is 5.00. The summed E-state index contributed by atoms with van der Waals surface area (Å²) < 4.78 is 8.75. The summed E-state index contributed by atoms with van der Waals surface area (Å²) >= 11 is 0. The van der Waals surface area contributed by atoms with Crippen molar-refractivity contribution in [3.05, 3.63) is 47.5 Å². The summed E-state index contributed by atoms with van der Waals surface area (Å²) in [6, 6.07) is 13.1. The summed E-state index contributed by atoms with van der Waals surface area (Å²) in [5.41, 5.74) is 6.30. The van der Waals surface area contributed by atoms with E-state index in [0.717, 1.165) is 11.3 Å². The van der Waals surface area contributed by atoms with Crippen molar-refractivity contribution in [2.24, 2.45) is 0 Å². The topological polar surface area (TPSA) is 30.3 Å². The standard InChI is InChI=1S/C23H27N3O.C4H10.2C2H6/c1-21(2)15-12-17-19(13-16(15)22(3,4)27-21)26-20(24-17)14-10-8-9-11-18(14)25(7)23(26,5)6;1-3-4-2;2*1-2/h8-13H,1-7H3;3-4H2,1-2H3;2*1-2H3. The van der Waals surface area contributed by atoms with Crippen LogP contribution >= 0.6 is 0 Å². The Morgan fingerprint density at radius 1 is 0.800 bits per heavy atom. The first-order chi connectivity index (χ1) is 16.5. The molecule has 0 unspecified atom stereocenters. The Labute approximate surface area is 214 Å². The average Bonchev–Trinajstić information content (AvgIpc) is 3.31. The number of hydrogen-bond donors (Lipinski definition) is 0. The van der Waals surface area contributed by atoms with Crippen molar-refractivity contribution in [1.29, 1.82) is 0 Å². The van der Waals surface area contributed by atoms with Crippen molar-refractivity contribution in [2.45, 2.75) is 113 Å². The summed E-state index contributed by atoms with van der Waals surface area (Å²) in [6.07, 6.45) is 2.64. The molecule has 3 aromatic rings. The molecule has 4 nitrogen and oxygen atoms in total. The maximum absolute atomic E-state index is 6.37. The lowest BCUT2D eigenvalue weighted by Crippen LogP contribution is -2.46. The van der Waals surface area contributed by atoms with Crippen LogP contribution in [0.1, 0.15) is 107 Å². The number of imidazole rings is 1. The van der Waals surface area contributed by atoms with Crippen molar-refractivity contribution in [3.63, 3.8) is 0 Å². The Morgan fingerprint density at radius 3 is 1.86 bits per heavy atom. The van der Waals surface area contributed by atoms with Gasteiger partial charge < -0.3 is 14.2 Å². The molecule has 2 aliphatic rings. The van der Waals surface area contributed by atoms with Crippen LogP contribution < -0.4 is 4.90 Å². The SMILES string of the molecule is CC.CC.CCCC.CN1c2ccccc2-c2nc3cc4c(cc3n2C1(C)C)C(C)(C)OC4(C)C. The van der Waals surface area contributed by atoms with Gasteiger partial charge in [-0.1, -0.05) is 66.5 Å². The van der Waals surface area contributed by atoms with Crippen molar-refractivity contribution in [2.75, 3.05) is 11.9 Å². The fourth-order valence-corrected chi connectivity index (χ4v) is 5.00.